The molecular weight excluding hydrogens is 360 g/mol. The van der Waals surface area contributed by atoms with Gasteiger partial charge in [0.15, 0.2) is 5.76 Å². The first-order valence-corrected chi connectivity index (χ1v) is 8.27. The molecule has 0 spiro atoms. The van der Waals surface area contributed by atoms with Gasteiger partial charge >= 0.3 is 0 Å². The lowest BCUT2D eigenvalue weighted by Gasteiger charge is -2.11. The van der Waals surface area contributed by atoms with Crippen LogP contribution in [0.5, 0.6) is 0 Å². The second-order valence-corrected chi connectivity index (χ2v) is 5.72. The minimum atomic E-state index is -1.36. The van der Waals surface area contributed by atoms with Crippen molar-refractivity contribution in [1.29, 1.82) is 0 Å². The van der Waals surface area contributed by atoms with Gasteiger partial charge in [0.25, 0.3) is 11.8 Å². The van der Waals surface area contributed by atoms with Gasteiger partial charge < -0.3 is 25.0 Å². The van der Waals surface area contributed by atoms with Crippen molar-refractivity contribution in [3.8, 4) is 0 Å². The Morgan fingerprint density at radius 2 is 1.71 bits per heavy atom. The van der Waals surface area contributed by atoms with E-state index in [9.17, 15) is 19.5 Å². The number of benzene rings is 2. The van der Waals surface area contributed by atoms with Gasteiger partial charge in [0.1, 0.15) is 5.70 Å². The molecule has 0 atom stereocenters. The van der Waals surface area contributed by atoms with Crippen LogP contribution in [-0.4, -0.2) is 17.8 Å². The number of aromatic carboxylic acids is 1. The Labute approximate surface area is 160 Å². The number of nitrogens with one attached hydrogen (secondary N) is 2. The van der Waals surface area contributed by atoms with Crippen molar-refractivity contribution in [2.24, 2.45) is 0 Å². The third kappa shape index (κ3) is 4.73. The Balaban J connectivity index is 1.86. The third-order valence-corrected chi connectivity index (χ3v) is 3.70. The lowest BCUT2D eigenvalue weighted by molar-refractivity contribution is -0.255. The summed E-state index contributed by atoms with van der Waals surface area (Å²) < 4.78 is 5.04. The van der Waals surface area contributed by atoms with E-state index in [1.165, 1.54) is 42.7 Å². The van der Waals surface area contributed by atoms with Gasteiger partial charge in [-0.1, -0.05) is 42.5 Å². The van der Waals surface area contributed by atoms with E-state index in [2.05, 4.69) is 10.6 Å². The minimum absolute atomic E-state index is 0.0357. The molecule has 1 aromatic heterocycles. The lowest BCUT2D eigenvalue weighted by Crippen LogP contribution is -2.30. The summed E-state index contributed by atoms with van der Waals surface area (Å²) in [7, 11) is 0. The first-order chi connectivity index (χ1) is 13.5. The van der Waals surface area contributed by atoms with Crippen LogP contribution in [0.4, 0.5) is 5.69 Å². The van der Waals surface area contributed by atoms with E-state index in [4.69, 9.17) is 4.42 Å². The number of carbonyl (C=O) groups is 3. The van der Waals surface area contributed by atoms with Gasteiger partial charge in [-0.15, -0.1) is 0 Å². The molecule has 7 heteroatoms. The summed E-state index contributed by atoms with van der Waals surface area (Å²) >= 11 is 0. The number of anilines is 1. The molecule has 3 aromatic rings. The SMILES string of the molecule is O=C(Nc1cccc(C(=O)[O-])c1)/C(=C/c1ccccc1)NC(=O)c1ccco1. The summed E-state index contributed by atoms with van der Waals surface area (Å²) in [5, 5.41) is 16.1. The van der Waals surface area contributed by atoms with Crippen LogP contribution in [0, 0.1) is 0 Å². The molecule has 2 amide bonds. The van der Waals surface area contributed by atoms with E-state index in [0.29, 0.717) is 5.56 Å². The first-order valence-electron chi connectivity index (χ1n) is 8.27. The van der Waals surface area contributed by atoms with Crippen molar-refractivity contribution >= 4 is 29.5 Å². The van der Waals surface area contributed by atoms with Crippen molar-refractivity contribution in [3.05, 3.63) is 95.6 Å². The minimum Gasteiger partial charge on any atom is -0.545 e. The molecule has 0 bridgehead atoms. The maximum atomic E-state index is 12.7. The van der Waals surface area contributed by atoms with Gasteiger partial charge in [-0.3, -0.25) is 9.59 Å². The van der Waals surface area contributed by atoms with Gasteiger partial charge in [-0.05, 0) is 41.5 Å². The summed E-state index contributed by atoms with van der Waals surface area (Å²) in [6.07, 6.45) is 2.85. The molecular formula is C21H15N2O5-. The fourth-order valence-corrected chi connectivity index (χ4v) is 2.39. The van der Waals surface area contributed by atoms with Gasteiger partial charge in [0, 0.05) is 5.69 Å². The van der Waals surface area contributed by atoms with Crippen molar-refractivity contribution in [3.63, 3.8) is 0 Å². The molecule has 0 radical (unpaired) electrons. The highest BCUT2D eigenvalue weighted by atomic mass is 16.4. The first kappa shape index (κ1) is 18.7. The predicted octanol–water partition coefficient (Wildman–Crippen LogP) is 2.05. The largest absolute Gasteiger partial charge is 0.545 e. The summed E-state index contributed by atoms with van der Waals surface area (Å²) in [4.78, 5) is 36.0. The highest BCUT2D eigenvalue weighted by Gasteiger charge is 2.16. The van der Waals surface area contributed by atoms with Gasteiger partial charge in [0.05, 0.1) is 12.2 Å². The molecule has 0 fully saturated rings. The Kier molecular flexibility index (Phi) is 5.66. The number of carbonyl (C=O) groups excluding carboxylic acids is 3. The molecule has 0 unspecified atom stereocenters. The zero-order valence-electron chi connectivity index (χ0n) is 14.5. The normalized spacial score (nSPS) is 10.9. The van der Waals surface area contributed by atoms with Crippen molar-refractivity contribution in [2.45, 2.75) is 0 Å². The number of carboxylic acids is 1. The van der Waals surface area contributed by atoms with Crippen molar-refractivity contribution in [2.75, 3.05) is 5.32 Å². The topological polar surface area (TPSA) is 111 Å². The monoisotopic (exact) mass is 375 g/mol. The lowest BCUT2D eigenvalue weighted by atomic mass is 10.1. The predicted molar refractivity (Wildman–Crippen MR) is 100.0 cm³/mol. The molecule has 0 aliphatic heterocycles. The van der Waals surface area contributed by atoms with Gasteiger partial charge in [-0.25, -0.2) is 0 Å². The van der Waals surface area contributed by atoms with Gasteiger partial charge in [0.2, 0.25) is 0 Å². The Morgan fingerprint density at radius 3 is 2.39 bits per heavy atom. The zero-order chi connectivity index (χ0) is 19.9. The molecule has 140 valence electrons. The van der Waals surface area contributed by atoms with Crippen LogP contribution in [0.15, 0.2) is 83.1 Å². The molecule has 0 saturated carbocycles. The maximum absolute atomic E-state index is 12.7. The summed E-state index contributed by atoms with van der Waals surface area (Å²) in [5.74, 6) is -2.53. The second-order valence-electron chi connectivity index (χ2n) is 5.72. The standard InChI is InChI=1S/C21H16N2O5/c24-19(22-16-9-4-8-15(13-16)21(26)27)17(12-14-6-2-1-3-7-14)23-20(25)18-10-5-11-28-18/h1-13H,(H,22,24)(H,23,25)(H,26,27)/p-1/b17-12-. The summed E-state index contributed by atoms with van der Waals surface area (Å²) in [6, 6.07) is 17.6. The maximum Gasteiger partial charge on any atom is 0.291 e. The number of hydrogen-bond acceptors (Lipinski definition) is 5. The fourth-order valence-electron chi connectivity index (χ4n) is 2.39. The van der Waals surface area contributed by atoms with E-state index < -0.39 is 17.8 Å². The molecule has 28 heavy (non-hydrogen) atoms. The van der Waals surface area contributed by atoms with Crippen LogP contribution in [0.2, 0.25) is 0 Å². The molecule has 0 aliphatic rings. The van der Waals surface area contributed by atoms with E-state index >= 15 is 0 Å². The molecule has 3 rings (SSSR count). The second kappa shape index (κ2) is 8.50. The summed E-state index contributed by atoms with van der Waals surface area (Å²) in [6.45, 7) is 0. The summed E-state index contributed by atoms with van der Waals surface area (Å²) in [5.41, 5.74) is 0.825. The van der Waals surface area contributed by atoms with Crippen LogP contribution in [-0.2, 0) is 4.79 Å². The fraction of sp³-hybridized carbons (Fsp3) is 0. The van der Waals surface area contributed by atoms with Crippen LogP contribution < -0.4 is 15.7 Å². The van der Waals surface area contributed by atoms with Crippen molar-refractivity contribution < 1.29 is 23.9 Å². The molecule has 0 saturated heterocycles. The third-order valence-electron chi connectivity index (χ3n) is 3.70. The Morgan fingerprint density at radius 1 is 0.929 bits per heavy atom. The van der Waals surface area contributed by atoms with E-state index in [1.54, 1.807) is 30.3 Å². The van der Waals surface area contributed by atoms with Gasteiger partial charge in [-0.2, -0.15) is 0 Å². The Hall–Kier alpha value is -4.13. The quantitative estimate of drug-likeness (QED) is 0.641. The molecule has 7 nitrogen and oxygen atoms in total. The van der Waals surface area contributed by atoms with Crippen LogP contribution in [0.25, 0.3) is 6.08 Å². The number of furan rings is 1. The van der Waals surface area contributed by atoms with Crippen LogP contribution in [0.1, 0.15) is 26.5 Å². The zero-order valence-corrected chi connectivity index (χ0v) is 14.5. The number of hydrogen-bond donors (Lipinski definition) is 2. The highest BCUT2D eigenvalue weighted by Crippen LogP contribution is 2.13. The van der Waals surface area contributed by atoms with Crippen LogP contribution >= 0.6 is 0 Å². The molecule has 2 N–H and O–H groups in total. The molecule has 1 heterocycles. The average Bonchev–Trinajstić information content (AvgIpc) is 3.23. The number of rotatable bonds is 6. The number of carboxylic acid groups (broad SMARTS) is 1. The van der Waals surface area contributed by atoms with Crippen molar-refractivity contribution in [1.82, 2.24) is 5.32 Å². The highest BCUT2D eigenvalue weighted by molar-refractivity contribution is 6.10. The van der Waals surface area contributed by atoms with E-state index in [1.807, 2.05) is 6.07 Å². The van der Waals surface area contributed by atoms with E-state index in [0.717, 1.165) is 0 Å². The number of amides is 2. The molecule has 0 aliphatic carbocycles. The average molecular weight is 375 g/mol. The molecule has 2 aromatic carbocycles. The van der Waals surface area contributed by atoms with E-state index in [-0.39, 0.29) is 22.7 Å². The van der Waals surface area contributed by atoms with Crippen LogP contribution in [0.3, 0.4) is 0 Å². The smallest absolute Gasteiger partial charge is 0.291 e. The Bertz CT molecular complexity index is 1020.